The van der Waals surface area contributed by atoms with E-state index in [1.165, 1.54) is 24.0 Å². The minimum atomic E-state index is -0.267. The Hall–Kier alpha value is -0.860. The normalized spacial score (nSPS) is 24.9. The molecule has 0 radical (unpaired) electrons. The number of unbranched alkanes of at least 4 members (excludes halogenated alkanes) is 1. The maximum atomic E-state index is 6.55. The molecule has 3 heteroatoms. The van der Waals surface area contributed by atoms with Crippen LogP contribution in [0.4, 0.5) is 0 Å². The van der Waals surface area contributed by atoms with Gasteiger partial charge in [0, 0.05) is 25.5 Å². The van der Waals surface area contributed by atoms with Crippen LogP contribution in [0.2, 0.25) is 0 Å². The van der Waals surface area contributed by atoms with Gasteiger partial charge in [0.1, 0.15) is 0 Å². The molecule has 1 aromatic heterocycles. The lowest BCUT2D eigenvalue weighted by Gasteiger charge is -2.35. The van der Waals surface area contributed by atoms with Crippen molar-refractivity contribution in [1.82, 2.24) is 9.88 Å². The van der Waals surface area contributed by atoms with Gasteiger partial charge in [0.15, 0.2) is 0 Å². The first-order chi connectivity index (χ1) is 8.61. The zero-order chi connectivity index (χ0) is 13.0. The molecule has 18 heavy (non-hydrogen) atoms. The number of aromatic nitrogens is 1. The van der Waals surface area contributed by atoms with Crippen LogP contribution in [-0.2, 0) is 0 Å². The summed E-state index contributed by atoms with van der Waals surface area (Å²) in [5.41, 5.74) is 2.48. The number of nitrogens with zero attached hydrogens (tertiary/aromatic N) is 2. The molecular weight excluding hydrogens is 244 g/mol. The van der Waals surface area contributed by atoms with E-state index in [1.807, 2.05) is 18.5 Å². The van der Waals surface area contributed by atoms with E-state index in [2.05, 4.69) is 35.9 Å². The van der Waals surface area contributed by atoms with Gasteiger partial charge in [0.2, 0.25) is 0 Å². The van der Waals surface area contributed by atoms with Gasteiger partial charge >= 0.3 is 0 Å². The summed E-state index contributed by atoms with van der Waals surface area (Å²) in [4.78, 5) is 6.37. The van der Waals surface area contributed by atoms with E-state index in [9.17, 15) is 0 Å². The van der Waals surface area contributed by atoms with E-state index in [0.717, 1.165) is 19.6 Å². The summed E-state index contributed by atoms with van der Waals surface area (Å²) in [6, 6.07) is 4.09. The lowest BCUT2D eigenvalue weighted by atomic mass is 9.96. The average Bonchev–Trinajstić information content (AvgIpc) is 2.35. The molecule has 0 amide bonds. The summed E-state index contributed by atoms with van der Waals surface area (Å²) in [5, 5.41) is 0. The van der Waals surface area contributed by atoms with E-state index < -0.39 is 0 Å². The van der Waals surface area contributed by atoms with Crippen LogP contribution in [0.1, 0.15) is 32.3 Å². The van der Waals surface area contributed by atoms with Crippen LogP contribution in [0.3, 0.4) is 0 Å². The summed E-state index contributed by atoms with van der Waals surface area (Å²) in [5.74, 6) is 0. The maximum Gasteiger partial charge on any atom is 0.0730 e. The average molecular weight is 265 g/mol. The number of halogens is 1. The van der Waals surface area contributed by atoms with Crippen LogP contribution in [0, 0.1) is 0 Å². The van der Waals surface area contributed by atoms with Crippen molar-refractivity contribution in [3.05, 3.63) is 36.2 Å². The summed E-state index contributed by atoms with van der Waals surface area (Å²) < 4.78 is 0. The van der Waals surface area contributed by atoms with Gasteiger partial charge < -0.3 is 0 Å². The molecule has 2 heterocycles. The van der Waals surface area contributed by atoms with Crippen LogP contribution in [0.25, 0.3) is 5.57 Å². The van der Waals surface area contributed by atoms with E-state index in [1.54, 1.807) is 0 Å². The molecule has 98 valence electrons. The Balaban J connectivity index is 2.17. The highest BCUT2D eigenvalue weighted by atomic mass is 35.5. The monoisotopic (exact) mass is 264 g/mol. The second-order valence-corrected chi connectivity index (χ2v) is 6.12. The minimum absolute atomic E-state index is 0.267. The Morgan fingerprint density at radius 1 is 1.50 bits per heavy atom. The Labute approximate surface area is 115 Å². The largest absolute Gasteiger partial charge is 0.297 e. The molecule has 2 nitrogen and oxygen atoms in total. The Morgan fingerprint density at radius 2 is 2.33 bits per heavy atom. The van der Waals surface area contributed by atoms with Crippen LogP contribution in [0.15, 0.2) is 30.6 Å². The molecular formula is C15H21ClN2. The molecule has 0 aliphatic carbocycles. The van der Waals surface area contributed by atoms with Gasteiger partial charge in [-0.05, 0) is 37.1 Å². The third kappa shape index (κ3) is 3.56. The molecule has 0 aromatic carbocycles. The fourth-order valence-corrected chi connectivity index (χ4v) is 2.76. The third-order valence-corrected chi connectivity index (χ3v) is 3.49. The van der Waals surface area contributed by atoms with E-state index >= 15 is 0 Å². The first kappa shape index (κ1) is 13.6. The Morgan fingerprint density at radius 3 is 3.00 bits per heavy atom. The lowest BCUT2D eigenvalue weighted by molar-refractivity contribution is 0.277. The molecule has 2 rings (SSSR count). The predicted octanol–water partition coefficient (Wildman–Crippen LogP) is 3.58. The van der Waals surface area contributed by atoms with Gasteiger partial charge in [-0.2, -0.15) is 0 Å². The van der Waals surface area contributed by atoms with Crippen molar-refractivity contribution in [3.63, 3.8) is 0 Å². The molecule has 1 aliphatic heterocycles. The molecule has 1 aromatic rings. The van der Waals surface area contributed by atoms with Gasteiger partial charge in [-0.3, -0.25) is 9.88 Å². The second kappa shape index (κ2) is 5.85. The quantitative estimate of drug-likeness (QED) is 0.773. The van der Waals surface area contributed by atoms with Crippen molar-refractivity contribution in [2.45, 2.75) is 31.6 Å². The smallest absolute Gasteiger partial charge is 0.0730 e. The molecule has 1 aliphatic rings. The van der Waals surface area contributed by atoms with Gasteiger partial charge in [-0.1, -0.05) is 25.5 Å². The van der Waals surface area contributed by atoms with Crippen LogP contribution < -0.4 is 0 Å². The van der Waals surface area contributed by atoms with Crippen molar-refractivity contribution in [2.75, 3.05) is 19.6 Å². The number of rotatable bonds is 4. The topological polar surface area (TPSA) is 16.1 Å². The molecule has 0 saturated carbocycles. The summed E-state index contributed by atoms with van der Waals surface area (Å²) in [6.07, 6.45) is 8.37. The first-order valence-electron chi connectivity index (χ1n) is 6.64. The molecule has 0 spiro atoms. The fraction of sp³-hybridized carbons (Fsp3) is 0.533. The Bertz CT molecular complexity index is 412. The van der Waals surface area contributed by atoms with Crippen molar-refractivity contribution < 1.29 is 0 Å². The van der Waals surface area contributed by atoms with Gasteiger partial charge in [0.25, 0.3) is 0 Å². The van der Waals surface area contributed by atoms with Gasteiger partial charge in [0.05, 0.1) is 4.87 Å². The Kier molecular flexibility index (Phi) is 4.41. The first-order valence-corrected chi connectivity index (χ1v) is 7.02. The highest BCUT2D eigenvalue weighted by molar-refractivity contribution is 6.25. The van der Waals surface area contributed by atoms with Gasteiger partial charge in [-0.25, -0.2) is 0 Å². The number of hydrogen-bond donors (Lipinski definition) is 0. The van der Waals surface area contributed by atoms with E-state index in [0.29, 0.717) is 0 Å². The standard InChI is InChI=1S/C15H21ClN2/c1-3-4-8-18-11-14(9-15(2,16)12-18)13-6-5-7-17-10-13/h5-7,9-10H,3-4,8,11-12H2,1-2H3. The molecule has 1 unspecified atom stereocenters. The van der Waals surface area contributed by atoms with Gasteiger partial charge in [-0.15, -0.1) is 11.6 Å². The zero-order valence-electron chi connectivity index (χ0n) is 11.2. The number of pyridine rings is 1. The van der Waals surface area contributed by atoms with Crippen molar-refractivity contribution in [3.8, 4) is 0 Å². The fourth-order valence-electron chi connectivity index (χ4n) is 2.46. The highest BCUT2D eigenvalue weighted by Crippen LogP contribution is 2.29. The zero-order valence-corrected chi connectivity index (χ0v) is 12.0. The second-order valence-electron chi connectivity index (χ2n) is 5.25. The number of alkyl halides is 1. The van der Waals surface area contributed by atoms with E-state index in [-0.39, 0.29) is 4.87 Å². The SMILES string of the molecule is CCCCN1CC(c2cccnc2)=CC(C)(Cl)C1. The summed E-state index contributed by atoms with van der Waals surface area (Å²) in [7, 11) is 0. The molecule has 0 N–H and O–H groups in total. The highest BCUT2D eigenvalue weighted by Gasteiger charge is 2.28. The molecule has 0 saturated heterocycles. The van der Waals surface area contributed by atoms with E-state index in [4.69, 9.17) is 11.6 Å². The lowest BCUT2D eigenvalue weighted by Crippen LogP contribution is -2.41. The van der Waals surface area contributed by atoms with Crippen LogP contribution in [-0.4, -0.2) is 34.4 Å². The third-order valence-electron chi connectivity index (χ3n) is 3.26. The van der Waals surface area contributed by atoms with Crippen LogP contribution >= 0.6 is 11.6 Å². The van der Waals surface area contributed by atoms with Crippen molar-refractivity contribution in [2.24, 2.45) is 0 Å². The van der Waals surface area contributed by atoms with Crippen LogP contribution in [0.5, 0.6) is 0 Å². The minimum Gasteiger partial charge on any atom is -0.297 e. The predicted molar refractivity (Wildman–Crippen MR) is 77.8 cm³/mol. The summed E-state index contributed by atoms with van der Waals surface area (Å²) >= 11 is 6.55. The summed E-state index contributed by atoms with van der Waals surface area (Å²) in [6.45, 7) is 7.34. The van der Waals surface area contributed by atoms with Crippen molar-refractivity contribution in [1.29, 1.82) is 0 Å². The molecule has 1 atom stereocenters. The molecule has 0 fully saturated rings. The maximum absolute atomic E-state index is 6.55. The number of hydrogen-bond acceptors (Lipinski definition) is 2. The van der Waals surface area contributed by atoms with Crippen molar-refractivity contribution >= 4 is 17.2 Å². The molecule has 0 bridgehead atoms.